The van der Waals surface area contributed by atoms with Crippen LogP contribution in [0, 0.1) is 6.92 Å². The summed E-state index contributed by atoms with van der Waals surface area (Å²) in [5.74, 6) is 0.679. The van der Waals surface area contributed by atoms with E-state index in [0.717, 1.165) is 11.8 Å². The summed E-state index contributed by atoms with van der Waals surface area (Å²) in [6.45, 7) is 4.39. The first-order valence-corrected chi connectivity index (χ1v) is 6.26. The number of piperidine rings is 1. The fraction of sp³-hybridized carbons (Fsp3) is 0.583. The molecule has 1 aliphatic heterocycles. The van der Waals surface area contributed by atoms with Gasteiger partial charge in [0.2, 0.25) is 0 Å². The Hall–Kier alpha value is -0.670. The van der Waals surface area contributed by atoms with E-state index in [9.17, 15) is 4.79 Å². The van der Waals surface area contributed by atoms with E-state index in [0.29, 0.717) is 5.92 Å². The van der Waals surface area contributed by atoms with Gasteiger partial charge in [0.25, 0.3) is 0 Å². The van der Waals surface area contributed by atoms with Crippen LogP contribution >= 0.6 is 11.3 Å². The maximum absolute atomic E-state index is 10.8. The molecule has 2 rings (SSSR count). The molecule has 2 heterocycles. The summed E-state index contributed by atoms with van der Waals surface area (Å²) in [5.41, 5.74) is 0.883. The number of thiophene rings is 1. The monoisotopic (exact) mass is 223 g/mol. The summed E-state index contributed by atoms with van der Waals surface area (Å²) in [6, 6.07) is 2.09. The van der Waals surface area contributed by atoms with Crippen molar-refractivity contribution in [1.29, 1.82) is 0 Å². The Morgan fingerprint density at radius 2 is 2.13 bits per heavy atom. The fourth-order valence-electron chi connectivity index (χ4n) is 2.13. The van der Waals surface area contributed by atoms with Crippen LogP contribution in [-0.2, 0) is 0 Å². The highest BCUT2D eigenvalue weighted by atomic mass is 32.1. The molecule has 0 N–H and O–H groups in total. The number of carbonyl (C=O) groups excluding carboxylic acids is 1. The summed E-state index contributed by atoms with van der Waals surface area (Å²) in [4.78, 5) is 15.7. The maximum Gasteiger partial charge on any atom is 0.151 e. The lowest BCUT2D eigenvalue weighted by Gasteiger charge is -2.28. The first kappa shape index (κ1) is 10.8. The van der Waals surface area contributed by atoms with E-state index in [1.807, 2.05) is 6.92 Å². The van der Waals surface area contributed by atoms with E-state index in [4.69, 9.17) is 0 Å². The van der Waals surface area contributed by atoms with Gasteiger partial charge in [0.15, 0.2) is 6.29 Å². The van der Waals surface area contributed by atoms with Gasteiger partial charge in [0.1, 0.15) is 0 Å². The minimum atomic E-state index is 0.679. The van der Waals surface area contributed by atoms with Crippen LogP contribution in [0.2, 0.25) is 0 Å². The van der Waals surface area contributed by atoms with Crippen molar-refractivity contribution in [3.8, 4) is 0 Å². The van der Waals surface area contributed by atoms with Gasteiger partial charge >= 0.3 is 0 Å². The van der Waals surface area contributed by atoms with Crippen LogP contribution in [0.25, 0.3) is 0 Å². The van der Waals surface area contributed by atoms with Crippen LogP contribution in [0.1, 0.15) is 38.9 Å². The molecule has 0 amide bonds. The molecule has 0 saturated carbocycles. The molecule has 1 fully saturated rings. The van der Waals surface area contributed by atoms with Crippen LogP contribution in [0.4, 0.5) is 0 Å². The van der Waals surface area contributed by atoms with Crippen LogP contribution in [0.15, 0.2) is 6.07 Å². The molecule has 15 heavy (non-hydrogen) atoms. The molecule has 2 nitrogen and oxygen atoms in total. The molecule has 1 aliphatic rings. The average Bonchev–Trinajstić information content (AvgIpc) is 2.61. The Morgan fingerprint density at radius 1 is 1.47 bits per heavy atom. The summed E-state index contributed by atoms with van der Waals surface area (Å²) >= 11 is 1.80. The van der Waals surface area contributed by atoms with Crippen molar-refractivity contribution in [2.24, 2.45) is 0 Å². The van der Waals surface area contributed by atoms with Crippen LogP contribution in [-0.4, -0.2) is 31.3 Å². The number of aryl methyl sites for hydroxylation is 1. The maximum atomic E-state index is 10.8. The zero-order chi connectivity index (χ0) is 10.8. The van der Waals surface area contributed by atoms with Gasteiger partial charge in [-0.15, -0.1) is 11.3 Å². The third-order valence-corrected chi connectivity index (χ3v) is 4.45. The molecule has 82 valence electrons. The molecule has 0 unspecified atom stereocenters. The van der Waals surface area contributed by atoms with E-state index in [1.165, 1.54) is 35.7 Å². The number of carbonyl (C=O) groups is 1. The fourth-order valence-corrected chi connectivity index (χ4v) is 3.30. The predicted octanol–water partition coefficient (Wildman–Crippen LogP) is 2.68. The van der Waals surface area contributed by atoms with E-state index in [2.05, 4.69) is 18.0 Å². The number of nitrogens with zero attached hydrogens (tertiary/aromatic N) is 1. The third kappa shape index (κ3) is 2.29. The first-order valence-electron chi connectivity index (χ1n) is 5.44. The lowest BCUT2D eigenvalue weighted by Crippen LogP contribution is -2.28. The van der Waals surface area contributed by atoms with E-state index >= 15 is 0 Å². The van der Waals surface area contributed by atoms with E-state index in [1.54, 1.807) is 11.3 Å². The molecule has 1 aromatic heterocycles. The molecule has 0 radical (unpaired) electrons. The van der Waals surface area contributed by atoms with Crippen molar-refractivity contribution in [3.05, 3.63) is 21.4 Å². The number of rotatable bonds is 2. The topological polar surface area (TPSA) is 20.3 Å². The smallest absolute Gasteiger partial charge is 0.151 e. The molecule has 0 aliphatic carbocycles. The van der Waals surface area contributed by atoms with Crippen LogP contribution in [0.3, 0.4) is 0 Å². The summed E-state index contributed by atoms with van der Waals surface area (Å²) < 4.78 is 0. The van der Waals surface area contributed by atoms with Crippen molar-refractivity contribution in [2.75, 3.05) is 20.1 Å². The molecular weight excluding hydrogens is 206 g/mol. The number of aldehydes is 1. The van der Waals surface area contributed by atoms with Crippen molar-refractivity contribution >= 4 is 17.6 Å². The summed E-state index contributed by atoms with van der Waals surface area (Å²) in [5, 5.41) is 0. The molecule has 1 aromatic rings. The Balaban J connectivity index is 2.12. The van der Waals surface area contributed by atoms with Crippen LogP contribution in [0.5, 0.6) is 0 Å². The van der Waals surface area contributed by atoms with Gasteiger partial charge in [-0.25, -0.2) is 0 Å². The van der Waals surface area contributed by atoms with Crippen LogP contribution < -0.4 is 0 Å². The highest BCUT2D eigenvalue weighted by Gasteiger charge is 2.20. The van der Waals surface area contributed by atoms with Gasteiger partial charge in [-0.1, -0.05) is 0 Å². The van der Waals surface area contributed by atoms with Gasteiger partial charge in [-0.05, 0) is 51.9 Å². The second kappa shape index (κ2) is 4.45. The molecule has 0 bridgehead atoms. The molecular formula is C12H17NOS. The third-order valence-electron chi connectivity index (χ3n) is 3.22. The van der Waals surface area contributed by atoms with Gasteiger partial charge in [-0.2, -0.15) is 0 Å². The van der Waals surface area contributed by atoms with Crippen molar-refractivity contribution in [2.45, 2.75) is 25.7 Å². The van der Waals surface area contributed by atoms with Gasteiger partial charge in [0, 0.05) is 15.3 Å². The quantitative estimate of drug-likeness (QED) is 0.718. The normalized spacial score (nSPS) is 19.3. The Kier molecular flexibility index (Phi) is 3.22. The summed E-state index contributed by atoms with van der Waals surface area (Å²) in [6.07, 6.45) is 3.44. The number of likely N-dealkylation sites (tertiary alicyclic amines) is 1. The predicted molar refractivity (Wildman–Crippen MR) is 63.9 cm³/mol. The van der Waals surface area contributed by atoms with Gasteiger partial charge in [-0.3, -0.25) is 4.79 Å². The molecule has 3 heteroatoms. The zero-order valence-electron chi connectivity index (χ0n) is 9.32. The number of hydrogen-bond acceptors (Lipinski definition) is 3. The van der Waals surface area contributed by atoms with E-state index in [-0.39, 0.29) is 0 Å². The summed E-state index contributed by atoms with van der Waals surface area (Å²) in [7, 11) is 2.17. The lowest BCUT2D eigenvalue weighted by atomic mass is 9.95. The minimum Gasteiger partial charge on any atom is -0.306 e. The highest BCUT2D eigenvalue weighted by Crippen LogP contribution is 2.33. The lowest BCUT2D eigenvalue weighted by molar-refractivity contribution is 0.112. The standard InChI is InChI=1S/C12H17NOS/c1-9-11(8-14)7-12(15-9)10-3-5-13(2)6-4-10/h7-8,10H,3-6H2,1-2H3. The van der Waals surface area contributed by atoms with E-state index < -0.39 is 0 Å². The minimum absolute atomic E-state index is 0.679. The average molecular weight is 223 g/mol. The Bertz CT molecular complexity index is 351. The largest absolute Gasteiger partial charge is 0.306 e. The van der Waals surface area contributed by atoms with Crippen molar-refractivity contribution in [3.63, 3.8) is 0 Å². The SMILES string of the molecule is Cc1sc(C2CCN(C)CC2)cc1C=O. The number of hydrogen-bond donors (Lipinski definition) is 0. The highest BCUT2D eigenvalue weighted by molar-refractivity contribution is 7.12. The second-order valence-corrected chi connectivity index (χ2v) is 5.64. The first-order chi connectivity index (χ1) is 7.20. The Morgan fingerprint density at radius 3 is 2.67 bits per heavy atom. The second-order valence-electron chi connectivity index (χ2n) is 4.36. The molecule has 1 saturated heterocycles. The molecule has 0 spiro atoms. The molecule has 0 atom stereocenters. The molecule has 0 aromatic carbocycles. The Labute approximate surface area is 94.9 Å². The van der Waals surface area contributed by atoms with Crippen molar-refractivity contribution in [1.82, 2.24) is 4.90 Å². The van der Waals surface area contributed by atoms with Gasteiger partial charge < -0.3 is 4.90 Å². The van der Waals surface area contributed by atoms with Crippen molar-refractivity contribution < 1.29 is 4.79 Å². The zero-order valence-corrected chi connectivity index (χ0v) is 10.1. The van der Waals surface area contributed by atoms with Gasteiger partial charge in [0.05, 0.1) is 0 Å².